The van der Waals surface area contributed by atoms with Crippen LogP contribution in [0.15, 0.2) is 12.1 Å². The summed E-state index contributed by atoms with van der Waals surface area (Å²) in [6.45, 7) is 6.59. The number of rotatable bonds is 2. The van der Waals surface area contributed by atoms with Gasteiger partial charge in [0.25, 0.3) is 0 Å². The Morgan fingerprint density at radius 3 is 2.74 bits per heavy atom. The maximum absolute atomic E-state index is 5.58. The summed E-state index contributed by atoms with van der Waals surface area (Å²) in [6.07, 6.45) is 1.23. The van der Waals surface area contributed by atoms with Gasteiger partial charge >= 0.3 is 0 Å². The maximum Gasteiger partial charge on any atom is 0.143 e. The van der Waals surface area contributed by atoms with Crippen LogP contribution in [0, 0.1) is 13.8 Å². The fraction of sp³-hybridized carbons (Fsp3) is 0.500. The van der Waals surface area contributed by atoms with Crippen LogP contribution in [0.25, 0.3) is 10.9 Å². The van der Waals surface area contributed by atoms with Gasteiger partial charge in [-0.2, -0.15) is 0 Å². The second-order valence-corrected chi connectivity index (χ2v) is 5.62. The van der Waals surface area contributed by atoms with Crippen LogP contribution in [0.1, 0.15) is 29.2 Å². The summed E-state index contributed by atoms with van der Waals surface area (Å²) in [5.74, 6) is 1.61. The van der Waals surface area contributed by atoms with E-state index in [0.29, 0.717) is 5.92 Å². The van der Waals surface area contributed by atoms with Crippen LogP contribution in [-0.4, -0.2) is 24.8 Å². The lowest BCUT2D eigenvalue weighted by Gasteiger charge is -2.13. The van der Waals surface area contributed by atoms with Crippen molar-refractivity contribution < 1.29 is 4.74 Å². The van der Waals surface area contributed by atoms with Crippen molar-refractivity contribution in [3.63, 3.8) is 0 Å². The van der Waals surface area contributed by atoms with Crippen molar-refractivity contribution in [3.05, 3.63) is 29.0 Å². The van der Waals surface area contributed by atoms with Crippen LogP contribution < -0.4 is 10.1 Å². The average molecular weight is 258 g/mol. The number of hydrogen-bond acceptors (Lipinski definition) is 2. The molecule has 1 N–H and O–H groups in total. The molecule has 3 nitrogen and oxygen atoms in total. The third kappa shape index (κ3) is 1.84. The normalized spacial score (nSPS) is 19.3. The van der Waals surface area contributed by atoms with E-state index in [2.05, 4.69) is 42.9 Å². The van der Waals surface area contributed by atoms with E-state index in [-0.39, 0.29) is 0 Å². The number of hydrogen-bond donors (Lipinski definition) is 1. The fourth-order valence-electron chi connectivity index (χ4n) is 3.51. The van der Waals surface area contributed by atoms with Gasteiger partial charge in [0.15, 0.2) is 0 Å². The zero-order valence-electron chi connectivity index (χ0n) is 12.2. The number of ether oxygens (including phenoxy) is 1. The Bertz CT molecular complexity index is 621. The molecule has 1 aliphatic rings. The predicted octanol–water partition coefficient (Wildman–Crippen LogP) is 2.88. The van der Waals surface area contributed by atoms with E-state index in [4.69, 9.17) is 4.74 Å². The van der Waals surface area contributed by atoms with Gasteiger partial charge in [-0.25, -0.2) is 0 Å². The van der Waals surface area contributed by atoms with Gasteiger partial charge in [-0.1, -0.05) is 0 Å². The first kappa shape index (κ1) is 12.5. The highest BCUT2D eigenvalue weighted by molar-refractivity contribution is 5.91. The summed E-state index contributed by atoms with van der Waals surface area (Å²) >= 11 is 0. The molecular formula is C16H22N2O. The standard InChI is InChI=1S/C16H22N2O/c1-10-7-13-11(2)15(12-5-6-17-9-12)18(3)16(13)14(8-10)19-4/h7-8,12,17H,5-6,9H2,1-4H3. The van der Waals surface area contributed by atoms with Gasteiger partial charge in [-0.15, -0.1) is 0 Å². The van der Waals surface area contributed by atoms with Crippen LogP contribution in [0.5, 0.6) is 5.75 Å². The monoisotopic (exact) mass is 258 g/mol. The predicted molar refractivity (Wildman–Crippen MR) is 79.2 cm³/mol. The highest BCUT2D eigenvalue weighted by Gasteiger charge is 2.24. The highest BCUT2D eigenvalue weighted by atomic mass is 16.5. The minimum Gasteiger partial charge on any atom is -0.495 e. The Hall–Kier alpha value is -1.48. The molecule has 1 aromatic heterocycles. The van der Waals surface area contributed by atoms with Crippen molar-refractivity contribution in [1.29, 1.82) is 0 Å². The van der Waals surface area contributed by atoms with Crippen molar-refractivity contribution in [2.45, 2.75) is 26.2 Å². The summed E-state index contributed by atoms with van der Waals surface area (Å²) in [6, 6.07) is 4.40. The molecule has 0 radical (unpaired) electrons. The molecule has 1 aliphatic heterocycles. The Balaban J connectivity index is 2.29. The van der Waals surface area contributed by atoms with E-state index >= 15 is 0 Å². The zero-order valence-corrected chi connectivity index (χ0v) is 12.2. The van der Waals surface area contributed by atoms with Crippen molar-refractivity contribution in [2.75, 3.05) is 20.2 Å². The minimum absolute atomic E-state index is 0.627. The van der Waals surface area contributed by atoms with Gasteiger partial charge in [0.05, 0.1) is 12.6 Å². The van der Waals surface area contributed by atoms with Gasteiger partial charge < -0.3 is 14.6 Å². The summed E-state index contributed by atoms with van der Waals surface area (Å²) < 4.78 is 7.92. The first-order valence-corrected chi connectivity index (χ1v) is 6.97. The average Bonchev–Trinajstić information content (AvgIpc) is 2.97. The van der Waals surface area contributed by atoms with Crippen molar-refractivity contribution >= 4 is 10.9 Å². The number of fused-ring (bicyclic) bond motifs is 1. The first-order valence-electron chi connectivity index (χ1n) is 6.97. The number of aromatic nitrogens is 1. The van der Waals surface area contributed by atoms with Crippen LogP contribution >= 0.6 is 0 Å². The minimum atomic E-state index is 0.627. The molecule has 1 aromatic carbocycles. The zero-order chi connectivity index (χ0) is 13.6. The summed E-state index contributed by atoms with van der Waals surface area (Å²) in [4.78, 5) is 0. The molecule has 0 saturated carbocycles. The Morgan fingerprint density at radius 1 is 1.32 bits per heavy atom. The molecule has 1 saturated heterocycles. The smallest absolute Gasteiger partial charge is 0.143 e. The molecular weight excluding hydrogens is 236 g/mol. The molecule has 0 bridgehead atoms. The first-order chi connectivity index (χ1) is 9.13. The molecule has 102 valence electrons. The van der Waals surface area contributed by atoms with E-state index in [1.54, 1.807) is 7.11 Å². The Kier molecular flexibility index (Phi) is 3.02. The molecule has 1 atom stereocenters. The van der Waals surface area contributed by atoms with Crippen molar-refractivity contribution in [2.24, 2.45) is 7.05 Å². The number of benzene rings is 1. The van der Waals surface area contributed by atoms with E-state index in [9.17, 15) is 0 Å². The molecule has 0 aliphatic carbocycles. The fourth-order valence-corrected chi connectivity index (χ4v) is 3.51. The Morgan fingerprint density at radius 2 is 2.11 bits per heavy atom. The molecule has 3 rings (SSSR count). The van der Waals surface area contributed by atoms with E-state index in [0.717, 1.165) is 18.8 Å². The molecule has 0 spiro atoms. The quantitative estimate of drug-likeness (QED) is 0.896. The van der Waals surface area contributed by atoms with Crippen molar-refractivity contribution in [1.82, 2.24) is 9.88 Å². The number of nitrogens with one attached hydrogen (secondary N) is 1. The lowest BCUT2D eigenvalue weighted by Crippen LogP contribution is -2.11. The highest BCUT2D eigenvalue weighted by Crippen LogP contribution is 2.37. The molecule has 0 amide bonds. The summed E-state index contributed by atoms with van der Waals surface area (Å²) in [5, 5.41) is 4.80. The second-order valence-electron chi connectivity index (χ2n) is 5.62. The van der Waals surface area contributed by atoms with E-state index in [1.807, 2.05) is 0 Å². The summed E-state index contributed by atoms with van der Waals surface area (Å²) in [7, 11) is 3.92. The van der Waals surface area contributed by atoms with Gasteiger partial charge in [0, 0.05) is 30.6 Å². The molecule has 1 fully saturated rings. The third-order valence-corrected chi connectivity index (χ3v) is 4.37. The van der Waals surface area contributed by atoms with Crippen LogP contribution in [0.2, 0.25) is 0 Å². The van der Waals surface area contributed by atoms with Crippen LogP contribution in [-0.2, 0) is 7.05 Å². The molecule has 2 heterocycles. The number of aryl methyl sites for hydroxylation is 3. The second kappa shape index (κ2) is 4.57. The van der Waals surface area contributed by atoms with Crippen LogP contribution in [0.3, 0.4) is 0 Å². The lowest BCUT2D eigenvalue weighted by atomic mass is 10.00. The molecule has 19 heavy (non-hydrogen) atoms. The van der Waals surface area contributed by atoms with Crippen LogP contribution in [0.4, 0.5) is 0 Å². The van der Waals surface area contributed by atoms with E-state index < -0.39 is 0 Å². The van der Waals surface area contributed by atoms with Gasteiger partial charge in [0.2, 0.25) is 0 Å². The van der Waals surface area contributed by atoms with Gasteiger partial charge in [0.1, 0.15) is 5.75 Å². The maximum atomic E-state index is 5.58. The number of nitrogens with zero attached hydrogens (tertiary/aromatic N) is 1. The van der Waals surface area contributed by atoms with Gasteiger partial charge in [-0.05, 0) is 50.1 Å². The summed E-state index contributed by atoms with van der Waals surface area (Å²) in [5.41, 5.74) is 5.36. The topological polar surface area (TPSA) is 26.2 Å². The molecule has 3 heteroatoms. The number of methoxy groups -OCH3 is 1. The Labute approximate surface area is 114 Å². The largest absolute Gasteiger partial charge is 0.495 e. The van der Waals surface area contributed by atoms with E-state index in [1.165, 1.54) is 34.1 Å². The molecule has 2 aromatic rings. The SMILES string of the molecule is COc1cc(C)cc2c(C)c(C3CCNC3)n(C)c12. The van der Waals surface area contributed by atoms with Crippen molar-refractivity contribution in [3.8, 4) is 5.75 Å². The lowest BCUT2D eigenvalue weighted by molar-refractivity contribution is 0.417. The molecule has 1 unspecified atom stereocenters. The van der Waals surface area contributed by atoms with Gasteiger partial charge in [-0.3, -0.25) is 0 Å². The third-order valence-electron chi connectivity index (χ3n) is 4.37.